The highest BCUT2D eigenvalue weighted by atomic mass is 16.5. The Morgan fingerprint density at radius 1 is 1.38 bits per heavy atom. The molecule has 3 nitrogen and oxygen atoms in total. The Bertz CT molecular complexity index is 306. The molecule has 13 heavy (non-hydrogen) atoms. The fraction of sp³-hybridized carbons (Fsp3) is 0.700. The summed E-state index contributed by atoms with van der Waals surface area (Å²) in [5.74, 6) is 1.93. The van der Waals surface area contributed by atoms with Crippen LogP contribution in [0.5, 0.6) is 0 Å². The molecule has 1 aliphatic rings. The zero-order valence-corrected chi connectivity index (χ0v) is 8.08. The number of aliphatic hydroxyl groups excluding tert-OH is 1. The third kappa shape index (κ3) is 1.27. The fourth-order valence-corrected chi connectivity index (χ4v) is 2.12. The highest BCUT2D eigenvalue weighted by Crippen LogP contribution is 2.39. The third-order valence-corrected chi connectivity index (χ3v) is 2.95. The molecule has 1 aromatic heterocycles. The van der Waals surface area contributed by atoms with E-state index in [9.17, 15) is 0 Å². The van der Waals surface area contributed by atoms with Gasteiger partial charge in [0.25, 0.3) is 0 Å². The maximum Gasteiger partial charge on any atom is 0.143 e. The van der Waals surface area contributed by atoms with Gasteiger partial charge in [-0.15, -0.1) is 0 Å². The molecule has 0 aromatic carbocycles. The standard InChI is InChI=1S/C10H15NO2/c1-6-3-4-7(2)10-9(6)8(5-12)11-13-10/h6-7,12H,3-5H2,1-2H3. The van der Waals surface area contributed by atoms with Crippen molar-refractivity contribution in [1.82, 2.24) is 5.16 Å². The van der Waals surface area contributed by atoms with Gasteiger partial charge in [-0.3, -0.25) is 0 Å². The van der Waals surface area contributed by atoms with E-state index in [1.54, 1.807) is 0 Å². The molecular formula is C10H15NO2. The first-order valence-electron chi connectivity index (χ1n) is 4.83. The summed E-state index contributed by atoms with van der Waals surface area (Å²) in [6.07, 6.45) is 2.33. The molecular weight excluding hydrogens is 166 g/mol. The Hall–Kier alpha value is -0.830. The van der Waals surface area contributed by atoms with Gasteiger partial charge in [0.15, 0.2) is 0 Å². The minimum atomic E-state index is -0.00407. The lowest BCUT2D eigenvalue weighted by Crippen LogP contribution is -2.09. The summed E-state index contributed by atoms with van der Waals surface area (Å²) in [5.41, 5.74) is 1.88. The van der Waals surface area contributed by atoms with Gasteiger partial charge in [-0.2, -0.15) is 0 Å². The second-order valence-corrected chi connectivity index (χ2v) is 3.94. The molecule has 2 unspecified atom stereocenters. The summed E-state index contributed by atoms with van der Waals surface area (Å²) in [6, 6.07) is 0. The number of fused-ring (bicyclic) bond motifs is 1. The molecule has 0 aliphatic heterocycles. The van der Waals surface area contributed by atoms with Crippen LogP contribution in [0.3, 0.4) is 0 Å². The number of aliphatic hydroxyl groups is 1. The average molecular weight is 181 g/mol. The van der Waals surface area contributed by atoms with Crippen molar-refractivity contribution in [3.63, 3.8) is 0 Å². The summed E-state index contributed by atoms with van der Waals surface area (Å²) >= 11 is 0. The molecule has 0 bridgehead atoms. The van der Waals surface area contributed by atoms with Crippen LogP contribution in [0.2, 0.25) is 0 Å². The van der Waals surface area contributed by atoms with Crippen molar-refractivity contribution >= 4 is 0 Å². The van der Waals surface area contributed by atoms with Crippen molar-refractivity contribution in [3.05, 3.63) is 17.0 Å². The van der Waals surface area contributed by atoms with Crippen LogP contribution in [0.15, 0.2) is 4.52 Å². The molecule has 0 spiro atoms. The second kappa shape index (κ2) is 3.14. The lowest BCUT2D eigenvalue weighted by molar-refractivity contribution is 0.264. The maximum atomic E-state index is 9.06. The van der Waals surface area contributed by atoms with E-state index < -0.39 is 0 Å². The number of rotatable bonds is 1. The summed E-state index contributed by atoms with van der Waals surface area (Å²) in [7, 11) is 0. The molecule has 1 N–H and O–H groups in total. The molecule has 72 valence electrons. The van der Waals surface area contributed by atoms with Crippen molar-refractivity contribution in [3.8, 4) is 0 Å². The van der Waals surface area contributed by atoms with Crippen molar-refractivity contribution in [2.24, 2.45) is 0 Å². The SMILES string of the molecule is CC1CCC(C)c2c(CO)noc21. The minimum absolute atomic E-state index is 0.00407. The van der Waals surface area contributed by atoms with Gasteiger partial charge in [0.2, 0.25) is 0 Å². The van der Waals surface area contributed by atoms with Crippen LogP contribution in [-0.4, -0.2) is 10.3 Å². The van der Waals surface area contributed by atoms with Crippen LogP contribution in [0, 0.1) is 0 Å². The molecule has 0 amide bonds. The number of aromatic nitrogens is 1. The topological polar surface area (TPSA) is 46.3 Å². The largest absolute Gasteiger partial charge is 0.390 e. The molecule has 2 atom stereocenters. The lowest BCUT2D eigenvalue weighted by atomic mass is 9.82. The molecule has 1 aliphatic carbocycles. The van der Waals surface area contributed by atoms with E-state index in [0.29, 0.717) is 11.8 Å². The van der Waals surface area contributed by atoms with Gasteiger partial charge in [0.05, 0.1) is 6.61 Å². The molecule has 2 rings (SSSR count). The minimum Gasteiger partial charge on any atom is -0.390 e. The van der Waals surface area contributed by atoms with Crippen molar-refractivity contribution < 1.29 is 9.63 Å². The first-order valence-corrected chi connectivity index (χ1v) is 4.83. The number of hydrogen-bond donors (Lipinski definition) is 1. The number of hydrogen-bond acceptors (Lipinski definition) is 3. The van der Waals surface area contributed by atoms with Gasteiger partial charge in [-0.25, -0.2) is 0 Å². The molecule has 0 saturated heterocycles. The maximum absolute atomic E-state index is 9.06. The quantitative estimate of drug-likeness (QED) is 0.722. The van der Waals surface area contributed by atoms with E-state index in [0.717, 1.165) is 23.4 Å². The average Bonchev–Trinajstić information content (AvgIpc) is 2.56. The van der Waals surface area contributed by atoms with E-state index in [1.807, 2.05) is 0 Å². The Morgan fingerprint density at radius 2 is 2.08 bits per heavy atom. The molecule has 0 saturated carbocycles. The van der Waals surface area contributed by atoms with Crippen LogP contribution < -0.4 is 0 Å². The van der Waals surface area contributed by atoms with E-state index in [4.69, 9.17) is 9.63 Å². The predicted molar refractivity (Wildman–Crippen MR) is 48.5 cm³/mol. The molecule has 0 radical (unpaired) electrons. The van der Waals surface area contributed by atoms with E-state index in [-0.39, 0.29) is 6.61 Å². The van der Waals surface area contributed by atoms with Gasteiger partial charge in [-0.05, 0) is 18.8 Å². The lowest BCUT2D eigenvalue weighted by Gasteiger charge is -2.21. The summed E-state index contributed by atoms with van der Waals surface area (Å²) in [6.45, 7) is 4.31. The Morgan fingerprint density at radius 3 is 2.77 bits per heavy atom. The van der Waals surface area contributed by atoms with Crippen LogP contribution in [0.4, 0.5) is 0 Å². The van der Waals surface area contributed by atoms with Crippen LogP contribution >= 0.6 is 0 Å². The molecule has 3 heteroatoms. The van der Waals surface area contributed by atoms with Crippen LogP contribution in [-0.2, 0) is 6.61 Å². The van der Waals surface area contributed by atoms with Crippen LogP contribution in [0.25, 0.3) is 0 Å². The van der Waals surface area contributed by atoms with Crippen molar-refractivity contribution in [2.45, 2.75) is 45.1 Å². The second-order valence-electron chi connectivity index (χ2n) is 3.94. The molecule has 0 fully saturated rings. The van der Waals surface area contributed by atoms with Gasteiger partial charge < -0.3 is 9.63 Å². The van der Waals surface area contributed by atoms with Crippen LogP contribution in [0.1, 0.15) is 55.5 Å². The van der Waals surface area contributed by atoms with Gasteiger partial charge >= 0.3 is 0 Å². The first kappa shape index (κ1) is 8.75. The van der Waals surface area contributed by atoms with E-state index >= 15 is 0 Å². The smallest absolute Gasteiger partial charge is 0.143 e. The Labute approximate surface area is 77.7 Å². The zero-order valence-electron chi connectivity index (χ0n) is 8.08. The first-order chi connectivity index (χ1) is 6.24. The van der Waals surface area contributed by atoms with Crippen molar-refractivity contribution in [2.75, 3.05) is 0 Å². The third-order valence-electron chi connectivity index (χ3n) is 2.95. The van der Waals surface area contributed by atoms with Gasteiger partial charge in [0, 0.05) is 11.5 Å². The predicted octanol–water partition coefficient (Wildman–Crippen LogP) is 2.17. The highest BCUT2D eigenvalue weighted by Gasteiger charge is 2.29. The van der Waals surface area contributed by atoms with Gasteiger partial charge in [-0.1, -0.05) is 19.0 Å². The summed E-state index contributed by atoms with van der Waals surface area (Å²) in [5, 5.41) is 13.0. The zero-order chi connectivity index (χ0) is 9.42. The van der Waals surface area contributed by atoms with E-state index in [1.165, 1.54) is 6.42 Å². The van der Waals surface area contributed by atoms with Gasteiger partial charge in [0.1, 0.15) is 11.5 Å². The fourth-order valence-electron chi connectivity index (χ4n) is 2.12. The van der Waals surface area contributed by atoms with E-state index in [2.05, 4.69) is 19.0 Å². The molecule has 1 aromatic rings. The Kier molecular flexibility index (Phi) is 2.12. The molecule has 1 heterocycles. The Balaban J connectivity index is 2.47. The summed E-state index contributed by atoms with van der Waals surface area (Å²) in [4.78, 5) is 0. The normalized spacial score (nSPS) is 27.3. The highest BCUT2D eigenvalue weighted by molar-refractivity contribution is 5.31. The van der Waals surface area contributed by atoms with Crippen molar-refractivity contribution in [1.29, 1.82) is 0 Å². The summed E-state index contributed by atoms with van der Waals surface area (Å²) < 4.78 is 5.25. The number of nitrogens with zero attached hydrogens (tertiary/aromatic N) is 1. The monoisotopic (exact) mass is 181 g/mol.